The molecular weight excluding hydrogens is 234 g/mol. The van der Waals surface area contributed by atoms with E-state index >= 15 is 0 Å². The SMILES string of the molecule is CC(C)C/C(CC(C)(C)CC(=O)O)=N\NC(N)=O. The molecule has 0 aromatic rings. The lowest BCUT2D eigenvalue weighted by Crippen LogP contribution is -2.28. The Bertz CT molecular complexity index is 335. The molecule has 0 heterocycles. The lowest BCUT2D eigenvalue weighted by Gasteiger charge is -2.23. The number of carboxylic acids is 1. The molecule has 0 fully saturated rings. The molecule has 18 heavy (non-hydrogen) atoms. The van der Waals surface area contributed by atoms with Crippen LogP contribution in [0.2, 0.25) is 0 Å². The van der Waals surface area contributed by atoms with Crippen LogP contribution in [-0.2, 0) is 4.79 Å². The van der Waals surface area contributed by atoms with Crippen LogP contribution in [0.15, 0.2) is 5.10 Å². The highest BCUT2D eigenvalue weighted by Gasteiger charge is 2.24. The summed E-state index contributed by atoms with van der Waals surface area (Å²) >= 11 is 0. The average molecular weight is 257 g/mol. The molecule has 0 unspecified atom stereocenters. The first-order chi connectivity index (χ1) is 8.12. The van der Waals surface area contributed by atoms with Gasteiger partial charge in [0.05, 0.1) is 6.42 Å². The van der Waals surface area contributed by atoms with Gasteiger partial charge in [0.1, 0.15) is 0 Å². The molecule has 4 N–H and O–H groups in total. The molecule has 104 valence electrons. The molecule has 0 aliphatic carbocycles. The third kappa shape index (κ3) is 8.55. The molecule has 0 rings (SSSR count). The zero-order chi connectivity index (χ0) is 14.3. The number of carbonyl (C=O) groups excluding carboxylic acids is 1. The lowest BCUT2D eigenvalue weighted by atomic mass is 9.82. The summed E-state index contributed by atoms with van der Waals surface area (Å²) in [5, 5.41) is 12.8. The molecule has 2 amide bonds. The van der Waals surface area contributed by atoms with Crippen LogP contribution >= 0.6 is 0 Å². The summed E-state index contributed by atoms with van der Waals surface area (Å²) in [6.07, 6.45) is 1.27. The first-order valence-corrected chi connectivity index (χ1v) is 5.95. The number of hydrazone groups is 1. The maximum atomic E-state index is 10.8. The Morgan fingerprint density at radius 1 is 1.33 bits per heavy atom. The van der Waals surface area contributed by atoms with Gasteiger partial charge in [0.25, 0.3) is 0 Å². The van der Waals surface area contributed by atoms with Crippen LogP contribution in [0.5, 0.6) is 0 Å². The minimum Gasteiger partial charge on any atom is -0.481 e. The molecule has 0 atom stereocenters. The number of nitrogens with two attached hydrogens (primary N) is 1. The molecular formula is C12H23N3O3. The summed E-state index contributed by atoms with van der Waals surface area (Å²) in [5.41, 5.74) is 7.53. The van der Waals surface area contributed by atoms with E-state index in [1.54, 1.807) is 0 Å². The van der Waals surface area contributed by atoms with Gasteiger partial charge in [-0.1, -0.05) is 27.7 Å². The third-order valence-electron chi connectivity index (χ3n) is 2.28. The second kappa shape index (κ2) is 6.98. The second-order valence-electron chi connectivity index (χ2n) is 5.66. The van der Waals surface area contributed by atoms with Gasteiger partial charge in [-0.25, -0.2) is 10.2 Å². The number of nitrogens with one attached hydrogen (secondary N) is 1. The first-order valence-electron chi connectivity index (χ1n) is 5.95. The van der Waals surface area contributed by atoms with Gasteiger partial charge in [-0.15, -0.1) is 0 Å². The largest absolute Gasteiger partial charge is 0.481 e. The highest BCUT2D eigenvalue weighted by molar-refractivity contribution is 5.87. The number of nitrogens with zero attached hydrogens (tertiary/aromatic N) is 1. The van der Waals surface area contributed by atoms with Crippen molar-refractivity contribution in [3.05, 3.63) is 0 Å². The van der Waals surface area contributed by atoms with Crippen LogP contribution in [0.3, 0.4) is 0 Å². The smallest absolute Gasteiger partial charge is 0.332 e. The number of amides is 2. The zero-order valence-electron chi connectivity index (χ0n) is 11.5. The van der Waals surface area contributed by atoms with Crippen molar-refractivity contribution >= 4 is 17.7 Å². The minimum atomic E-state index is -0.841. The van der Waals surface area contributed by atoms with E-state index in [4.69, 9.17) is 10.8 Å². The highest BCUT2D eigenvalue weighted by atomic mass is 16.4. The Labute approximate surface area is 108 Å². The number of carbonyl (C=O) groups is 2. The standard InChI is InChI=1S/C12H23N3O3/c1-8(2)5-9(14-15-11(13)18)6-12(3,4)7-10(16)17/h8H,5-7H2,1-4H3,(H,16,17)(H3,13,15,18)/b14-9+. The van der Waals surface area contributed by atoms with E-state index in [0.29, 0.717) is 18.8 Å². The maximum absolute atomic E-state index is 10.8. The van der Waals surface area contributed by atoms with Gasteiger partial charge in [0, 0.05) is 5.71 Å². The molecule has 6 nitrogen and oxygen atoms in total. The van der Waals surface area contributed by atoms with Crippen LogP contribution in [0.4, 0.5) is 4.79 Å². The van der Waals surface area contributed by atoms with Gasteiger partial charge in [-0.3, -0.25) is 4.79 Å². The van der Waals surface area contributed by atoms with Gasteiger partial charge in [-0.2, -0.15) is 5.10 Å². The van der Waals surface area contributed by atoms with Crippen LogP contribution in [-0.4, -0.2) is 22.8 Å². The molecule has 6 heteroatoms. The Kier molecular flexibility index (Phi) is 6.36. The highest BCUT2D eigenvalue weighted by Crippen LogP contribution is 2.27. The van der Waals surface area contributed by atoms with Crippen molar-refractivity contribution < 1.29 is 14.7 Å². The van der Waals surface area contributed by atoms with Crippen molar-refractivity contribution in [3.63, 3.8) is 0 Å². The lowest BCUT2D eigenvalue weighted by molar-refractivity contribution is -0.139. The van der Waals surface area contributed by atoms with Crippen molar-refractivity contribution in [2.45, 2.75) is 47.0 Å². The topological polar surface area (TPSA) is 105 Å². The van der Waals surface area contributed by atoms with E-state index in [-0.39, 0.29) is 6.42 Å². The average Bonchev–Trinajstić information content (AvgIpc) is 2.10. The fourth-order valence-corrected chi connectivity index (χ4v) is 1.79. The van der Waals surface area contributed by atoms with E-state index in [1.165, 1.54) is 0 Å². The van der Waals surface area contributed by atoms with Crippen molar-refractivity contribution in [2.75, 3.05) is 0 Å². The maximum Gasteiger partial charge on any atom is 0.332 e. The Morgan fingerprint density at radius 2 is 1.89 bits per heavy atom. The number of carboxylic acid groups (broad SMARTS) is 1. The Hall–Kier alpha value is -1.59. The molecule has 0 bridgehead atoms. The quantitative estimate of drug-likeness (QED) is 0.479. The summed E-state index contributed by atoms with van der Waals surface area (Å²) in [4.78, 5) is 21.4. The molecule has 0 radical (unpaired) electrons. The molecule has 0 aliphatic rings. The van der Waals surface area contributed by atoms with Gasteiger partial charge in [-0.05, 0) is 24.2 Å². The number of primary amides is 1. The summed E-state index contributed by atoms with van der Waals surface area (Å²) < 4.78 is 0. The van der Waals surface area contributed by atoms with Gasteiger partial charge in [0.2, 0.25) is 0 Å². The Morgan fingerprint density at radius 3 is 2.28 bits per heavy atom. The van der Waals surface area contributed by atoms with E-state index in [0.717, 1.165) is 5.71 Å². The summed E-state index contributed by atoms with van der Waals surface area (Å²) in [7, 11) is 0. The van der Waals surface area contributed by atoms with Crippen molar-refractivity contribution in [1.82, 2.24) is 5.43 Å². The number of urea groups is 1. The van der Waals surface area contributed by atoms with Crippen LogP contribution < -0.4 is 11.2 Å². The molecule has 0 aliphatic heterocycles. The molecule has 0 aromatic carbocycles. The van der Waals surface area contributed by atoms with Gasteiger partial charge in [0.15, 0.2) is 0 Å². The van der Waals surface area contributed by atoms with Gasteiger partial charge < -0.3 is 10.8 Å². The predicted octanol–water partition coefficient (Wildman–Crippen LogP) is 1.95. The van der Waals surface area contributed by atoms with Crippen molar-refractivity contribution in [3.8, 4) is 0 Å². The molecule has 0 aromatic heterocycles. The van der Waals surface area contributed by atoms with E-state index in [9.17, 15) is 9.59 Å². The number of rotatable bonds is 7. The zero-order valence-corrected chi connectivity index (χ0v) is 11.5. The monoisotopic (exact) mass is 257 g/mol. The second-order valence-corrected chi connectivity index (χ2v) is 5.66. The van der Waals surface area contributed by atoms with E-state index in [2.05, 4.69) is 10.5 Å². The third-order valence-corrected chi connectivity index (χ3v) is 2.28. The normalized spacial score (nSPS) is 12.6. The molecule has 0 spiro atoms. The van der Waals surface area contributed by atoms with Crippen molar-refractivity contribution in [1.29, 1.82) is 0 Å². The summed E-state index contributed by atoms with van der Waals surface area (Å²) in [6.45, 7) is 7.79. The molecule has 0 saturated carbocycles. The Balaban J connectivity index is 4.71. The minimum absolute atomic E-state index is 0.0562. The first kappa shape index (κ1) is 16.4. The summed E-state index contributed by atoms with van der Waals surface area (Å²) in [6, 6.07) is -0.715. The van der Waals surface area contributed by atoms with Crippen molar-refractivity contribution in [2.24, 2.45) is 22.2 Å². The van der Waals surface area contributed by atoms with Crippen LogP contribution in [0, 0.1) is 11.3 Å². The summed E-state index contributed by atoms with van der Waals surface area (Å²) in [5.74, 6) is -0.467. The van der Waals surface area contributed by atoms with Crippen LogP contribution in [0.1, 0.15) is 47.0 Å². The van der Waals surface area contributed by atoms with E-state index in [1.807, 2.05) is 27.7 Å². The number of hydrogen-bond donors (Lipinski definition) is 3. The number of aliphatic carboxylic acids is 1. The fourth-order valence-electron chi connectivity index (χ4n) is 1.79. The predicted molar refractivity (Wildman–Crippen MR) is 70.3 cm³/mol. The molecule has 0 saturated heterocycles. The fraction of sp³-hybridized carbons (Fsp3) is 0.750. The van der Waals surface area contributed by atoms with Crippen LogP contribution in [0.25, 0.3) is 0 Å². The number of hydrogen-bond acceptors (Lipinski definition) is 3. The van der Waals surface area contributed by atoms with Gasteiger partial charge >= 0.3 is 12.0 Å². The van der Waals surface area contributed by atoms with E-state index < -0.39 is 17.4 Å².